The van der Waals surface area contributed by atoms with Gasteiger partial charge in [0.05, 0.1) is 26.5 Å². The molecule has 2 atom stereocenters. The Kier molecular flexibility index (Phi) is 7.02. The Morgan fingerprint density at radius 3 is 2.43 bits per heavy atom. The number of likely N-dealkylation sites (N-methyl/N-ethyl adjacent to an activating group) is 1. The van der Waals surface area contributed by atoms with Crippen molar-refractivity contribution in [2.45, 2.75) is 47.2 Å². The van der Waals surface area contributed by atoms with E-state index in [2.05, 4.69) is 4.98 Å². The van der Waals surface area contributed by atoms with E-state index in [-0.39, 0.29) is 17.6 Å². The Labute approximate surface area is 166 Å². The number of carbonyl (C=O) groups is 2. The first-order valence-electron chi connectivity index (χ1n) is 9.57. The number of aromatic nitrogens is 1. The van der Waals surface area contributed by atoms with E-state index in [0.717, 1.165) is 21.7 Å². The Bertz CT molecular complexity index is 870. The van der Waals surface area contributed by atoms with Crippen LogP contribution in [0.5, 0.6) is 11.5 Å². The predicted octanol–water partition coefficient (Wildman–Crippen LogP) is 2.53. The number of benzene rings is 1. The van der Waals surface area contributed by atoms with Gasteiger partial charge in [-0.2, -0.15) is 0 Å². The van der Waals surface area contributed by atoms with Gasteiger partial charge in [0.25, 0.3) is 0 Å². The first kappa shape index (κ1) is 21.7. The summed E-state index contributed by atoms with van der Waals surface area (Å²) in [5, 5.41) is 0. The van der Waals surface area contributed by atoms with Gasteiger partial charge in [-0.05, 0) is 58.4 Å². The normalized spacial score (nSPS) is 13.1. The first-order chi connectivity index (χ1) is 13.2. The predicted molar refractivity (Wildman–Crippen MR) is 109 cm³/mol. The first-order valence-corrected chi connectivity index (χ1v) is 9.57. The highest BCUT2D eigenvalue weighted by atomic mass is 16.5. The number of H-pyrrole nitrogens is 1. The van der Waals surface area contributed by atoms with Crippen LogP contribution in [0.15, 0.2) is 18.2 Å². The van der Waals surface area contributed by atoms with Crippen LogP contribution in [-0.2, 0) is 6.54 Å². The molecule has 1 heterocycles. The third-order valence-corrected chi connectivity index (χ3v) is 5.18. The van der Waals surface area contributed by atoms with Crippen LogP contribution in [0.1, 0.15) is 58.4 Å². The maximum absolute atomic E-state index is 13.0. The summed E-state index contributed by atoms with van der Waals surface area (Å²) in [6.45, 7) is 10.3. The molecule has 6 nitrogen and oxygen atoms in total. The average Bonchev–Trinajstić information content (AvgIpc) is 2.96. The fourth-order valence-electron chi connectivity index (χ4n) is 3.54. The topological polar surface area (TPSA) is 72.8 Å². The molecule has 0 saturated heterocycles. The molecule has 1 aromatic heterocycles. The monoisotopic (exact) mass is 387 g/mol. The molecule has 2 rings (SSSR count). The van der Waals surface area contributed by atoms with Crippen molar-refractivity contribution < 1.29 is 24.0 Å². The van der Waals surface area contributed by atoms with Gasteiger partial charge >= 0.3 is 0 Å². The van der Waals surface area contributed by atoms with Gasteiger partial charge in [-0.25, -0.2) is 0 Å². The Morgan fingerprint density at radius 2 is 1.89 bits per heavy atom. The van der Waals surface area contributed by atoms with Crippen molar-refractivity contribution in [2.24, 2.45) is 0 Å². The van der Waals surface area contributed by atoms with E-state index < -0.39 is 0 Å². The molecule has 152 valence electrons. The van der Waals surface area contributed by atoms with Crippen LogP contribution in [0.25, 0.3) is 0 Å². The molecule has 0 aliphatic heterocycles. The minimum absolute atomic E-state index is 0.00324. The van der Waals surface area contributed by atoms with Crippen LogP contribution in [0.3, 0.4) is 0 Å². The summed E-state index contributed by atoms with van der Waals surface area (Å²) in [7, 11) is 3.61. The van der Waals surface area contributed by atoms with Gasteiger partial charge in [0.2, 0.25) is 5.78 Å². The lowest BCUT2D eigenvalue weighted by Gasteiger charge is -2.21. The van der Waals surface area contributed by atoms with Crippen LogP contribution >= 0.6 is 0 Å². The number of rotatable bonds is 9. The van der Waals surface area contributed by atoms with Gasteiger partial charge in [0.1, 0.15) is 6.54 Å². The van der Waals surface area contributed by atoms with E-state index in [1.165, 1.54) is 6.92 Å². The number of hydrogen-bond acceptors (Lipinski definition) is 4. The molecule has 0 aliphatic carbocycles. The third-order valence-electron chi connectivity index (χ3n) is 5.18. The second-order valence-electron chi connectivity index (χ2n) is 7.21. The van der Waals surface area contributed by atoms with Crippen molar-refractivity contribution in [1.29, 1.82) is 0 Å². The maximum Gasteiger partial charge on any atom is 0.235 e. The molecule has 0 bridgehead atoms. The molecule has 0 saturated carbocycles. The van der Waals surface area contributed by atoms with E-state index >= 15 is 0 Å². The van der Waals surface area contributed by atoms with Crippen molar-refractivity contribution in [3.8, 4) is 11.5 Å². The number of hydrogen-bond donors (Lipinski definition) is 2. The van der Waals surface area contributed by atoms with E-state index in [1.54, 1.807) is 7.11 Å². The van der Waals surface area contributed by atoms with Gasteiger partial charge < -0.3 is 19.4 Å². The Morgan fingerprint density at radius 1 is 1.21 bits per heavy atom. The summed E-state index contributed by atoms with van der Waals surface area (Å²) in [4.78, 5) is 29.0. The molecule has 0 spiro atoms. The van der Waals surface area contributed by atoms with E-state index in [4.69, 9.17) is 9.47 Å². The molecule has 28 heavy (non-hydrogen) atoms. The zero-order valence-corrected chi connectivity index (χ0v) is 17.9. The summed E-state index contributed by atoms with van der Waals surface area (Å²) in [5.41, 5.74) is 3.68. The number of ether oxygens (including phenoxy) is 2. The molecule has 0 aliphatic rings. The molecule has 1 unspecified atom stereocenters. The average molecular weight is 388 g/mol. The Hall–Kier alpha value is -2.60. The highest BCUT2D eigenvalue weighted by molar-refractivity contribution is 6.04. The van der Waals surface area contributed by atoms with Crippen molar-refractivity contribution in [1.82, 2.24) is 4.98 Å². The van der Waals surface area contributed by atoms with Gasteiger partial charge in [0.15, 0.2) is 23.3 Å². The molecule has 2 N–H and O–H groups in total. The number of aromatic amines is 1. The lowest BCUT2D eigenvalue weighted by atomic mass is 10.0. The van der Waals surface area contributed by atoms with Crippen LogP contribution in [-0.4, -0.2) is 43.4 Å². The van der Waals surface area contributed by atoms with Crippen LogP contribution in [0.2, 0.25) is 0 Å². The maximum atomic E-state index is 13.0. The molecule has 0 amide bonds. The zero-order chi connectivity index (χ0) is 21.0. The molecule has 2 aromatic rings. The molecule has 0 radical (unpaired) electrons. The minimum Gasteiger partial charge on any atom is -0.493 e. The highest BCUT2D eigenvalue weighted by Gasteiger charge is 2.28. The van der Waals surface area contributed by atoms with Crippen molar-refractivity contribution >= 4 is 11.6 Å². The lowest BCUT2D eigenvalue weighted by Crippen LogP contribution is -3.12. The molecular formula is C22H31N2O4+. The number of ketones is 2. The van der Waals surface area contributed by atoms with Gasteiger partial charge in [-0.3, -0.25) is 9.59 Å². The minimum atomic E-state index is -0.269. The van der Waals surface area contributed by atoms with Crippen molar-refractivity contribution in [3.05, 3.63) is 46.3 Å². The quantitative estimate of drug-likeness (QED) is 0.649. The van der Waals surface area contributed by atoms with Gasteiger partial charge in [-0.15, -0.1) is 0 Å². The van der Waals surface area contributed by atoms with Crippen LogP contribution in [0, 0.1) is 13.8 Å². The second-order valence-corrected chi connectivity index (χ2v) is 7.21. The summed E-state index contributed by atoms with van der Waals surface area (Å²) in [5.74, 6) is 1.38. The molecule has 6 heteroatoms. The largest absolute Gasteiger partial charge is 0.493 e. The highest BCUT2D eigenvalue weighted by Crippen LogP contribution is 2.27. The smallest absolute Gasteiger partial charge is 0.235 e. The Balaban J connectivity index is 2.19. The number of aryl methyl sites for hydroxylation is 1. The summed E-state index contributed by atoms with van der Waals surface area (Å²) in [6.07, 6.45) is 0. The third kappa shape index (κ3) is 4.44. The van der Waals surface area contributed by atoms with Crippen molar-refractivity contribution in [2.75, 3.05) is 20.8 Å². The van der Waals surface area contributed by atoms with Gasteiger partial charge in [-0.1, -0.05) is 0 Å². The zero-order valence-electron chi connectivity index (χ0n) is 17.9. The summed E-state index contributed by atoms with van der Waals surface area (Å²) >= 11 is 0. The summed E-state index contributed by atoms with van der Waals surface area (Å²) in [6, 6.07) is 5.57. The number of methoxy groups -OCH3 is 1. The number of Topliss-reactive ketones (excluding diaryl/α,β-unsaturated/α-hetero) is 2. The molecular weight excluding hydrogens is 356 g/mol. The standard InChI is InChI=1S/C22H30N2O4/c1-8-28-18-10-9-17(11-19(18)27-7)12-24(6)15(4)22(26)21-13(2)20(16(5)25)14(3)23-21/h9-11,15,23H,8,12H2,1-7H3/p+1/t15-/m0/s1. The molecule has 1 aromatic carbocycles. The lowest BCUT2D eigenvalue weighted by molar-refractivity contribution is -0.907. The fraction of sp³-hybridized carbons (Fsp3) is 0.455. The number of nitrogens with one attached hydrogen (secondary N) is 2. The van der Waals surface area contributed by atoms with Crippen LogP contribution < -0.4 is 14.4 Å². The van der Waals surface area contributed by atoms with E-state index in [9.17, 15) is 9.59 Å². The van der Waals surface area contributed by atoms with E-state index in [1.807, 2.05) is 52.9 Å². The number of quaternary nitrogens is 1. The van der Waals surface area contributed by atoms with Gasteiger partial charge in [0, 0.05) is 16.8 Å². The van der Waals surface area contributed by atoms with Crippen LogP contribution in [0.4, 0.5) is 0 Å². The fourth-order valence-corrected chi connectivity index (χ4v) is 3.54. The summed E-state index contributed by atoms with van der Waals surface area (Å²) < 4.78 is 11.0. The molecule has 0 fully saturated rings. The van der Waals surface area contributed by atoms with E-state index in [0.29, 0.717) is 35.9 Å². The SMILES string of the molecule is CCOc1ccc(C[NH+](C)[C@@H](C)C(=O)c2[nH]c(C)c(C(C)=O)c2C)cc1OC. The number of carbonyl (C=O) groups excluding carboxylic acids is 2. The van der Waals surface area contributed by atoms with Crippen molar-refractivity contribution in [3.63, 3.8) is 0 Å². The second kappa shape index (κ2) is 9.06.